The predicted octanol–water partition coefficient (Wildman–Crippen LogP) is 1.30. The number of carbonyl (C=O) groups is 2. The van der Waals surface area contributed by atoms with E-state index in [2.05, 4.69) is 10.6 Å². The van der Waals surface area contributed by atoms with Crippen molar-refractivity contribution in [1.29, 1.82) is 0 Å². The van der Waals surface area contributed by atoms with Crippen molar-refractivity contribution in [1.82, 2.24) is 5.32 Å². The molecule has 18 heavy (non-hydrogen) atoms. The van der Waals surface area contributed by atoms with Gasteiger partial charge in [0, 0.05) is 19.2 Å². The zero-order chi connectivity index (χ0) is 13.7. The van der Waals surface area contributed by atoms with Crippen molar-refractivity contribution in [3.05, 3.63) is 29.3 Å². The lowest BCUT2D eigenvalue weighted by Gasteiger charge is -2.15. The molecule has 0 saturated carbocycles. The smallest absolute Gasteiger partial charge is 0.328 e. The van der Waals surface area contributed by atoms with Gasteiger partial charge in [-0.05, 0) is 37.1 Å². The lowest BCUT2D eigenvalue weighted by Crippen LogP contribution is -2.44. The third-order valence-corrected chi connectivity index (χ3v) is 2.41. The first-order valence-electron chi connectivity index (χ1n) is 5.70. The largest absolute Gasteiger partial charge is 0.480 e. The quantitative estimate of drug-likeness (QED) is 0.736. The van der Waals surface area contributed by atoms with Crippen molar-refractivity contribution in [2.45, 2.75) is 26.8 Å². The van der Waals surface area contributed by atoms with Crippen LogP contribution in [0.2, 0.25) is 0 Å². The van der Waals surface area contributed by atoms with Crippen LogP contribution in [0, 0.1) is 13.8 Å². The van der Waals surface area contributed by atoms with E-state index in [1.807, 2.05) is 32.0 Å². The molecule has 0 saturated heterocycles. The Morgan fingerprint density at radius 1 is 1.22 bits per heavy atom. The normalized spacial score (nSPS) is 11.7. The lowest BCUT2D eigenvalue weighted by atomic mass is 10.1. The monoisotopic (exact) mass is 250 g/mol. The number of amides is 1. The summed E-state index contributed by atoms with van der Waals surface area (Å²) in [6.07, 6.45) is 0. The van der Waals surface area contributed by atoms with Crippen LogP contribution >= 0.6 is 0 Å². The number of nitrogens with one attached hydrogen (secondary N) is 2. The Bertz CT molecular complexity index is 437. The van der Waals surface area contributed by atoms with Gasteiger partial charge in [0.25, 0.3) is 0 Å². The third kappa shape index (κ3) is 4.45. The molecule has 1 rings (SSSR count). The van der Waals surface area contributed by atoms with Crippen LogP contribution < -0.4 is 10.6 Å². The Morgan fingerprint density at radius 2 is 1.78 bits per heavy atom. The van der Waals surface area contributed by atoms with Crippen LogP contribution in [0.5, 0.6) is 0 Å². The van der Waals surface area contributed by atoms with Crippen molar-refractivity contribution < 1.29 is 14.7 Å². The molecule has 1 amide bonds. The fraction of sp³-hybridized carbons (Fsp3) is 0.385. The second-order valence-corrected chi connectivity index (χ2v) is 4.35. The van der Waals surface area contributed by atoms with Crippen LogP contribution in [0.3, 0.4) is 0 Å². The Balaban J connectivity index is 2.66. The topological polar surface area (TPSA) is 78.4 Å². The highest BCUT2D eigenvalue weighted by Gasteiger charge is 2.17. The van der Waals surface area contributed by atoms with Gasteiger partial charge in [-0.1, -0.05) is 6.07 Å². The van der Waals surface area contributed by atoms with Gasteiger partial charge in [0.2, 0.25) is 5.91 Å². The standard InChI is InChI=1S/C13H18N2O3/c1-8-4-9(2)6-11(5-8)14-7-12(13(17)18)15-10(3)16/h4-6,12,14H,7H2,1-3H3,(H,15,16)(H,17,18). The minimum absolute atomic E-state index is 0.151. The number of benzene rings is 1. The summed E-state index contributed by atoms with van der Waals surface area (Å²) < 4.78 is 0. The van der Waals surface area contributed by atoms with E-state index < -0.39 is 12.0 Å². The molecule has 3 N–H and O–H groups in total. The Labute approximate surface area is 106 Å². The fourth-order valence-corrected chi connectivity index (χ4v) is 1.74. The SMILES string of the molecule is CC(=O)NC(CNc1cc(C)cc(C)c1)C(=O)O. The molecular formula is C13H18N2O3. The Hall–Kier alpha value is -2.04. The molecule has 5 nitrogen and oxygen atoms in total. The van der Waals surface area contributed by atoms with E-state index in [0.29, 0.717) is 0 Å². The average Bonchev–Trinajstić information content (AvgIpc) is 2.21. The summed E-state index contributed by atoms with van der Waals surface area (Å²) in [6.45, 7) is 5.39. The number of aliphatic carboxylic acids is 1. The molecule has 1 atom stereocenters. The first-order valence-corrected chi connectivity index (χ1v) is 5.70. The molecule has 0 bridgehead atoms. The predicted molar refractivity (Wildman–Crippen MR) is 69.6 cm³/mol. The summed E-state index contributed by atoms with van der Waals surface area (Å²) in [4.78, 5) is 21.8. The Morgan fingerprint density at radius 3 is 2.22 bits per heavy atom. The van der Waals surface area contributed by atoms with Crippen LogP contribution in [0.25, 0.3) is 0 Å². The van der Waals surface area contributed by atoms with E-state index in [0.717, 1.165) is 16.8 Å². The summed E-state index contributed by atoms with van der Waals surface area (Å²) in [7, 11) is 0. The summed E-state index contributed by atoms with van der Waals surface area (Å²) in [6, 6.07) is 4.97. The minimum atomic E-state index is -1.05. The molecule has 0 aliphatic carbocycles. The van der Waals surface area contributed by atoms with Crippen molar-refractivity contribution in [3.8, 4) is 0 Å². The van der Waals surface area contributed by atoms with Gasteiger partial charge in [-0.3, -0.25) is 4.79 Å². The molecule has 0 aromatic heterocycles. The van der Waals surface area contributed by atoms with Crippen molar-refractivity contribution in [3.63, 3.8) is 0 Å². The van der Waals surface area contributed by atoms with E-state index in [1.165, 1.54) is 6.92 Å². The molecule has 0 radical (unpaired) electrons. The van der Waals surface area contributed by atoms with E-state index >= 15 is 0 Å². The Kier molecular flexibility index (Phi) is 4.71. The van der Waals surface area contributed by atoms with Gasteiger partial charge in [0.1, 0.15) is 6.04 Å². The average molecular weight is 250 g/mol. The highest BCUT2D eigenvalue weighted by Crippen LogP contribution is 2.13. The number of rotatable bonds is 5. The van der Waals surface area contributed by atoms with Gasteiger partial charge < -0.3 is 15.7 Å². The van der Waals surface area contributed by atoms with Crippen LogP contribution in [0.4, 0.5) is 5.69 Å². The van der Waals surface area contributed by atoms with E-state index in [1.54, 1.807) is 0 Å². The lowest BCUT2D eigenvalue weighted by molar-refractivity contribution is -0.141. The summed E-state index contributed by atoms with van der Waals surface area (Å²) in [5.41, 5.74) is 3.05. The van der Waals surface area contributed by atoms with E-state index in [-0.39, 0.29) is 12.5 Å². The number of carboxylic acids is 1. The van der Waals surface area contributed by atoms with Crippen LogP contribution in [-0.2, 0) is 9.59 Å². The summed E-state index contributed by atoms with van der Waals surface area (Å²) >= 11 is 0. The molecule has 1 aromatic rings. The van der Waals surface area contributed by atoms with Crippen molar-refractivity contribution in [2.24, 2.45) is 0 Å². The number of carbonyl (C=O) groups excluding carboxylic acids is 1. The second kappa shape index (κ2) is 6.05. The number of anilines is 1. The molecule has 0 heterocycles. The second-order valence-electron chi connectivity index (χ2n) is 4.35. The van der Waals surface area contributed by atoms with Gasteiger partial charge in [0.15, 0.2) is 0 Å². The van der Waals surface area contributed by atoms with Crippen molar-refractivity contribution in [2.75, 3.05) is 11.9 Å². The molecule has 98 valence electrons. The molecule has 1 unspecified atom stereocenters. The zero-order valence-electron chi connectivity index (χ0n) is 10.8. The van der Waals surface area contributed by atoms with Gasteiger partial charge in [0.05, 0.1) is 0 Å². The summed E-state index contributed by atoms with van der Waals surface area (Å²) in [5, 5.41) is 14.3. The third-order valence-electron chi connectivity index (χ3n) is 2.41. The number of carboxylic acid groups (broad SMARTS) is 1. The molecule has 0 fully saturated rings. The highest BCUT2D eigenvalue weighted by molar-refractivity contribution is 5.82. The first-order chi connectivity index (χ1) is 8.38. The minimum Gasteiger partial charge on any atom is -0.480 e. The molecule has 5 heteroatoms. The molecular weight excluding hydrogens is 232 g/mol. The van der Waals surface area contributed by atoms with Gasteiger partial charge in [-0.25, -0.2) is 4.79 Å². The molecule has 0 spiro atoms. The zero-order valence-corrected chi connectivity index (χ0v) is 10.8. The molecule has 1 aromatic carbocycles. The number of hydrogen-bond donors (Lipinski definition) is 3. The maximum absolute atomic E-state index is 10.9. The van der Waals surface area contributed by atoms with Gasteiger partial charge >= 0.3 is 5.97 Å². The number of hydrogen-bond acceptors (Lipinski definition) is 3. The fourth-order valence-electron chi connectivity index (χ4n) is 1.74. The molecule has 0 aliphatic rings. The number of aryl methyl sites for hydroxylation is 2. The van der Waals surface area contributed by atoms with Crippen LogP contribution in [-0.4, -0.2) is 29.6 Å². The van der Waals surface area contributed by atoms with E-state index in [4.69, 9.17) is 5.11 Å². The van der Waals surface area contributed by atoms with Gasteiger partial charge in [-0.2, -0.15) is 0 Å². The highest BCUT2D eigenvalue weighted by atomic mass is 16.4. The van der Waals surface area contributed by atoms with Crippen molar-refractivity contribution >= 4 is 17.6 Å². The summed E-state index contributed by atoms with van der Waals surface area (Å²) in [5.74, 6) is -1.41. The maximum atomic E-state index is 10.9. The van der Waals surface area contributed by atoms with Gasteiger partial charge in [-0.15, -0.1) is 0 Å². The van der Waals surface area contributed by atoms with E-state index in [9.17, 15) is 9.59 Å². The maximum Gasteiger partial charge on any atom is 0.328 e. The first kappa shape index (κ1) is 14.0. The van der Waals surface area contributed by atoms with Crippen LogP contribution in [0.1, 0.15) is 18.1 Å². The molecule has 0 aliphatic heterocycles. The van der Waals surface area contributed by atoms with Crippen LogP contribution in [0.15, 0.2) is 18.2 Å².